The third kappa shape index (κ3) is 42.5. The highest BCUT2D eigenvalue weighted by Gasteiger charge is 2.26. The number of nitrogens with one attached hydrogen (secondary N) is 1. The fourth-order valence-corrected chi connectivity index (χ4v) is 7.76. The van der Waals surface area contributed by atoms with Crippen LogP contribution in [0.25, 0.3) is 0 Å². The topological polar surface area (TPSA) is 89.8 Å². The molecule has 0 aromatic rings. The minimum absolute atomic E-state index is 0.161. The van der Waals surface area contributed by atoms with Crippen LogP contribution < -0.4 is 5.32 Å². The molecule has 0 fully saturated rings. The highest BCUT2D eigenvalue weighted by Crippen LogP contribution is 2.16. The molecule has 5 heteroatoms. The molecule has 3 atom stereocenters. The lowest BCUT2D eigenvalue weighted by atomic mass is 10.0. The second-order valence-electron chi connectivity index (χ2n) is 17.4. The number of hydrogen-bond acceptors (Lipinski definition) is 4. The van der Waals surface area contributed by atoms with Gasteiger partial charge in [0.25, 0.3) is 0 Å². The first-order chi connectivity index (χ1) is 28.1. The Kier molecular flexibility index (Phi) is 46.1. The number of rotatable bonds is 46. The van der Waals surface area contributed by atoms with Crippen molar-refractivity contribution in [3.05, 3.63) is 36.5 Å². The molecule has 0 aromatic carbocycles. The van der Waals surface area contributed by atoms with E-state index in [4.69, 9.17) is 0 Å². The van der Waals surface area contributed by atoms with Gasteiger partial charge in [0.05, 0.1) is 18.8 Å². The molecule has 0 rings (SSSR count). The summed E-state index contributed by atoms with van der Waals surface area (Å²) in [4.78, 5) is 12.5. The Morgan fingerprint density at radius 1 is 0.421 bits per heavy atom. The first kappa shape index (κ1) is 55.6. The molecule has 0 aliphatic heterocycles. The van der Waals surface area contributed by atoms with Gasteiger partial charge < -0.3 is 20.6 Å². The maximum Gasteiger partial charge on any atom is 0.220 e. The van der Waals surface area contributed by atoms with Gasteiger partial charge in [-0.15, -0.1) is 0 Å². The van der Waals surface area contributed by atoms with E-state index < -0.39 is 18.2 Å². The average molecular weight is 802 g/mol. The van der Waals surface area contributed by atoms with Crippen LogP contribution in [0.3, 0.4) is 0 Å². The fourth-order valence-electron chi connectivity index (χ4n) is 7.76. The summed E-state index contributed by atoms with van der Waals surface area (Å²) < 4.78 is 0. The second kappa shape index (κ2) is 47.3. The molecule has 0 aliphatic carbocycles. The zero-order chi connectivity index (χ0) is 41.5. The molecule has 0 aromatic heterocycles. The van der Waals surface area contributed by atoms with Gasteiger partial charge in [-0.25, -0.2) is 0 Å². The predicted molar refractivity (Wildman–Crippen MR) is 250 cm³/mol. The molecule has 0 aliphatic rings. The van der Waals surface area contributed by atoms with E-state index in [0.29, 0.717) is 12.8 Å². The Labute approximate surface area is 355 Å². The molecule has 0 bridgehead atoms. The molecular formula is C52H99NO4. The molecule has 4 N–H and O–H groups in total. The van der Waals surface area contributed by atoms with Crippen LogP contribution in [-0.2, 0) is 4.79 Å². The van der Waals surface area contributed by atoms with Crippen molar-refractivity contribution in [3.8, 4) is 0 Å². The van der Waals surface area contributed by atoms with E-state index in [1.165, 1.54) is 193 Å². The smallest absolute Gasteiger partial charge is 0.220 e. The van der Waals surface area contributed by atoms with Crippen LogP contribution in [0.4, 0.5) is 0 Å². The maximum atomic E-state index is 12.5. The first-order valence-corrected chi connectivity index (χ1v) is 25.3. The van der Waals surface area contributed by atoms with E-state index in [-0.39, 0.29) is 12.5 Å². The Bertz CT molecular complexity index is 885. The minimum atomic E-state index is -1.17. The van der Waals surface area contributed by atoms with Gasteiger partial charge in [0.2, 0.25) is 5.91 Å². The van der Waals surface area contributed by atoms with Crippen molar-refractivity contribution in [1.82, 2.24) is 5.32 Å². The summed E-state index contributed by atoms with van der Waals surface area (Å²) in [5.41, 5.74) is 0. The van der Waals surface area contributed by atoms with E-state index in [1.807, 2.05) is 0 Å². The number of aliphatic hydroxyl groups excluding tert-OH is 3. The highest BCUT2D eigenvalue weighted by atomic mass is 16.3. The summed E-state index contributed by atoms with van der Waals surface area (Å²) in [6, 6.07) is -0.835. The van der Waals surface area contributed by atoms with Crippen molar-refractivity contribution in [2.24, 2.45) is 0 Å². The first-order valence-electron chi connectivity index (χ1n) is 25.3. The lowest BCUT2D eigenvalue weighted by Gasteiger charge is -2.26. The number of unbranched alkanes of at least 4 members (excludes halogenated alkanes) is 32. The monoisotopic (exact) mass is 802 g/mol. The van der Waals surface area contributed by atoms with Crippen molar-refractivity contribution in [1.29, 1.82) is 0 Å². The normalized spacial score (nSPS) is 13.7. The molecule has 0 heterocycles. The lowest BCUT2D eigenvalue weighted by Crippen LogP contribution is -2.50. The largest absolute Gasteiger partial charge is 0.394 e. The molecule has 5 nitrogen and oxygen atoms in total. The van der Waals surface area contributed by atoms with E-state index >= 15 is 0 Å². The Balaban J connectivity index is 3.65. The minimum Gasteiger partial charge on any atom is -0.394 e. The van der Waals surface area contributed by atoms with Gasteiger partial charge in [-0.3, -0.25) is 4.79 Å². The Hall–Kier alpha value is -1.43. The summed E-state index contributed by atoms with van der Waals surface area (Å²) in [6.45, 7) is 4.18. The summed E-state index contributed by atoms with van der Waals surface area (Å²) >= 11 is 0. The molecule has 57 heavy (non-hydrogen) atoms. The van der Waals surface area contributed by atoms with Crippen LogP contribution >= 0.6 is 0 Å². The van der Waals surface area contributed by atoms with Crippen LogP contribution in [0.5, 0.6) is 0 Å². The van der Waals surface area contributed by atoms with Gasteiger partial charge in [-0.1, -0.05) is 217 Å². The average Bonchev–Trinajstić information content (AvgIpc) is 3.22. The third-order valence-electron chi connectivity index (χ3n) is 11.7. The van der Waals surface area contributed by atoms with E-state index in [9.17, 15) is 20.1 Å². The molecular weight excluding hydrogens is 703 g/mol. The van der Waals surface area contributed by atoms with Crippen LogP contribution in [0, 0.1) is 0 Å². The number of hydrogen-bond donors (Lipinski definition) is 4. The third-order valence-corrected chi connectivity index (χ3v) is 11.7. The molecule has 336 valence electrons. The number of carbonyl (C=O) groups excluding carboxylic acids is 1. The van der Waals surface area contributed by atoms with Gasteiger partial charge in [0.15, 0.2) is 0 Å². The number of carbonyl (C=O) groups is 1. The van der Waals surface area contributed by atoms with Gasteiger partial charge in [-0.05, 0) is 77.0 Å². The highest BCUT2D eigenvalue weighted by molar-refractivity contribution is 5.76. The van der Waals surface area contributed by atoms with E-state index in [2.05, 4.69) is 55.6 Å². The molecule has 0 radical (unpaired) electrons. The number of aliphatic hydroxyl groups is 3. The summed E-state index contributed by atoms with van der Waals surface area (Å²) in [5.74, 6) is -0.161. The molecule has 0 saturated heterocycles. The standard InChI is InChI=1S/C52H99NO4/c1-3-5-7-9-11-13-15-17-19-21-23-25-26-27-28-30-32-34-36-38-40-42-44-46-50(55)52(57)49(48-54)53-51(56)47-45-43-41-39-37-35-33-31-29-24-22-20-18-16-14-12-10-8-6-4-2/h24,29-30,32,38,40,49-50,52,54-55,57H,3-23,25-28,31,33-37,39,41-48H2,1-2H3,(H,53,56)/b29-24-,32-30+,40-38+. The Morgan fingerprint density at radius 2 is 0.719 bits per heavy atom. The molecule has 3 unspecified atom stereocenters. The number of amides is 1. The van der Waals surface area contributed by atoms with Crippen LogP contribution in [0.1, 0.15) is 264 Å². The summed E-state index contributed by atoms with van der Waals surface area (Å²) in [5, 5.41) is 33.6. The van der Waals surface area contributed by atoms with Crippen LogP contribution in [0.15, 0.2) is 36.5 Å². The van der Waals surface area contributed by atoms with Gasteiger partial charge >= 0.3 is 0 Å². The van der Waals surface area contributed by atoms with E-state index in [1.54, 1.807) is 0 Å². The summed E-state index contributed by atoms with van der Waals surface area (Å²) in [6.07, 6.45) is 59.9. The van der Waals surface area contributed by atoms with Crippen molar-refractivity contribution in [2.75, 3.05) is 6.61 Å². The zero-order valence-corrected chi connectivity index (χ0v) is 38.2. The Morgan fingerprint density at radius 3 is 1.07 bits per heavy atom. The maximum absolute atomic E-state index is 12.5. The predicted octanol–water partition coefficient (Wildman–Crippen LogP) is 15.1. The van der Waals surface area contributed by atoms with Gasteiger partial charge in [-0.2, -0.15) is 0 Å². The SMILES string of the molecule is CCCCCCCCCCC/C=C\CCCCCCCCCC(=O)NC(CO)C(O)C(O)CCC/C=C/CC/C=C/CCCCCCCCCCCCCCCC. The van der Waals surface area contributed by atoms with Crippen LogP contribution in [0.2, 0.25) is 0 Å². The van der Waals surface area contributed by atoms with Crippen LogP contribution in [-0.4, -0.2) is 46.1 Å². The number of allylic oxidation sites excluding steroid dienone is 6. The van der Waals surface area contributed by atoms with E-state index in [0.717, 1.165) is 44.9 Å². The van der Waals surface area contributed by atoms with Gasteiger partial charge in [0, 0.05) is 6.42 Å². The molecule has 1 amide bonds. The van der Waals surface area contributed by atoms with Crippen molar-refractivity contribution >= 4 is 5.91 Å². The van der Waals surface area contributed by atoms with Crippen molar-refractivity contribution in [3.63, 3.8) is 0 Å². The fraction of sp³-hybridized carbons (Fsp3) is 0.865. The molecule has 0 spiro atoms. The zero-order valence-electron chi connectivity index (χ0n) is 38.2. The molecule has 0 saturated carbocycles. The second-order valence-corrected chi connectivity index (χ2v) is 17.4. The quantitative estimate of drug-likeness (QED) is 0.0365. The van der Waals surface area contributed by atoms with Crippen molar-refractivity contribution < 1.29 is 20.1 Å². The van der Waals surface area contributed by atoms with Crippen molar-refractivity contribution in [2.45, 2.75) is 283 Å². The summed E-state index contributed by atoms with van der Waals surface area (Å²) in [7, 11) is 0. The van der Waals surface area contributed by atoms with Gasteiger partial charge in [0.1, 0.15) is 6.10 Å². The lowest BCUT2D eigenvalue weighted by molar-refractivity contribution is -0.124.